The Morgan fingerprint density at radius 2 is 1.80 bits per heavy atom. The molecule has 0 aromatic heterocycles. The van der Waals surface area contributed by atoms with Crippen molar-refractivity contribution in [2.24, 2.45) is 10.7 Å². The van der Waals surface area contributed by atoms with Gasteiger partial charge in [-0.3, -0.25) is 4.79 Å². The summed E-state index contributed by atoms with van der Waals surface area (Å²) < 4.78 is 0. The van der Waals surface area contributed by atoms with Gasteiger partial charge in [-0.2, -0.15) is 0 Å². The maximum Gasteiger partial charge on any atom is 0.201 e. The minimum atomic E-state index is -0.165. The van der Waals surface area contributed by atoms with Gasteiger partial charge in [-0.05, 0) is 30.4 Å². The molecule has 15 heavy (non-hydrogen) atoms. The van der Waals surface area contributed by atoms with Crippen molar-refractivity contribution in [2.45, 2.75) is 0 Å². The van der Waals surface area contributed by atoms with Crippen molar-refractivity contribution in [3.63, 3.8) is 0 Å². The second-order valence-corrected chi connectivity index (χ2v) is 3.17. The van der Waals surface area contributed by atoms with E-state index in [1.54, 1.807) is 12.2 Å². The highest BCUT2D eigenvalue weighted by atomic mass is 16.1. The van der Waals surface area contributed by atoms with Crippen LogP contribution in [-0.4, -0.2) is 11.5 Å². The van der Waals surface area contributed by atoms with Gasteiger partial charge in [0.25, 0.3) is 0 Å². The molecule has 74 valence electrons. The summed E-state index contributed by atoms with van der Waals surface area (Å²) in [6, 6.07) is 9.52. The van der Waals surface area contributed by atoms with E-state index in [0.29, 0.717) is 5.71 Å². The first-order chi connectivity index (χ1) is 7.25. The summed E-state index contributed by atoms with van der Waals surface area (Å²) in [5.74, 6) is -0.165. The topological polar surface area (TPSA) is 55.4 Å². The number of ketones is 1. The SMILES string of the molecule is NC1=CC(=Nc2ccccc2)C=CC1=O. The molecule has 0 saturated carbocycles. The summed E-state index contributed by atoms with van der Waals surface area (Å²) in [5, 5.41) is 0. The van der Waals surface area contributed by atoms with Gasteiger partial charge in [-0.25, -0.2) is 4.99 Å². The minimum absolute atomic E-state index is 0.165. The largest absolute Gasteiger partial charge is 0.396 e. The average molecular weight is 198 g/mol. The summed E-state index contributed by atoms with van der Waals surface area (Å²) in [6.07, 6.45) is 4.66. The highest BCUT2D eigenvalue weighted by molar-refractivity contribution is 6.19. The molecular weight excluding hydrogens is 188 g/mol. The molecule has 0 spiro atoms. The molecule has 2 rings (SSSR count). The van der Waals surface area contributed by atoms with Crippen molar-refractivity contribution in [1.29, 1.82) is 0 Å². The van der Waals surface area contributed by atoms with Gasteiger partial charge in [0, 0.05) is 0 Å². The number of carbonyl (C=O) groups excluding carboxylic acids is 1. The van der Waals surface area contributed by atoms with Gasteiger partial charge in [0.05, 0.1) is 17.1 Å². The predicted octanol–water partition coefficient (Wildman–Crippen LogP) is 1.74. The fourth-order valence-corrected chi connectivity index (χ4v) is 1.26. The Labute approximate surface area is 87.6 Å². The van der Waals surface area contributed by atoms with E-state index in [9.17, 15) is 4.79 Å². The lowest BCUT2D eigenvalue weighted by Crippen LogP contribution is -2.14. The Balaban J connectivity index is 2.30. The van der Waals surface area contributed by atoms with Gasteiger partial charge in [-0.1, -0.05) is 18.2 Å². The molecule has 3 heteroatoms. The van der Waals surface area contributed by atoms with Gasteiger partial charge in [-0.15, -0.1) is 0 Å². The number of nitrogens with two attached hydrogens (primary N) is 1. The van der Waals surface area contributed by atoms with Crippen molar-refractivity contribution >= 4 is 17.2 Å². The van der Waals surface area contributed by atoms with Gasteiger partial charge in [0.1, 0.15) is 0 Å². The smallest absolute Gasteiger partial charge is 0.201 e. The van der Waals surface area contributed by atoms with Gasteiger partial charge in [0.2, 0.25) is 5.78 Å². The molecule has 1 aliphatic rings. The number of hydrogen-bond acceptors (Lipinski definition) is 3. The monoisotopic (exact) mass is 198 g/mol. The molecule has 2 N–H and O–H groups in total. The van der Waals surface area contributed by atoms with Crippen LogP contribution in [0.1, 0.15) is 0 Å². The molecule has 0 atom stereocenters. The van der Waals surface area contributed by atoms with Crippen LogP contribution in [0, 0.1) is 0 Å². The summed E-state index contributed by atoms with van der Waals surface area (Å²) in [7, 11) is 0. The maximum absolute atomic E-state index is 11.1. The Hall–Kier alpha value is -2.16. The zero-order valence-electron chi connectivity index (χ0n) is 8.05. The fourth-order valence-electron chi connectivity index (χ4n) is 1.26. The van der Waals surface area contributed by atoms with Crippen LogP contribution in [0.25, 0.3) is 0 Å². The summed E-state index contributed by atoms with van der Waals surface area (Å²) >= 11 is 0. The number of para-hydroxylation sites is 1. The second kappa shape index (κ2) is 3.92. The number of allylic oxidation sites excluding steroid dienone is 3. The van der Waals surface area contributed by atoms with E-state index in [4.69, 9.17) is 5.73 Å². The fraction of sp³-hybridized carbons (Fsp3) is 0. The lowest BCUT2D eigenvalue weighted by molar-refractivity contribution is -0.111. The quantitative estimate of drug-likeness (QED) is 0.699. The van der Waals surface area contributed by atoms with Crippen LogP contribution < -0.4 is 5.73 Å². The molecule has 0 bridgehead atoms. The third-order valence-corrected chi connectivity index (χ3v) is 2.01. The molecule has 0 heterocycles. The second-order valence-electron chi connectivity index (χ2n) is 3.17. The number of aliphatic imine (C=N–C) groups is 1. The van der Waals surface area contributed by atoms with Crippen LogP contribution in [0.2, 0.25) is 0 Å². The number of hydrogen-bond donors (Lipinski definition) is 1. The Bertz CT molecular complexity index is 470. The zero-order valence-corrected chi connectivity index (χ0v) is 8.05. The number of benzene rings is 1. The summed E-state index contributed by atoms with van der Waals surface area (Å²) in [4.78, 5) is 15.4. The van der Waals surface area contributed by atoms with Crippen molar-refractivity contribution < 1.29 is 4.79 Å². The van der Waals surface area contributed by atoms with Crippen LogP contribution >= 0.6 is 0 Å². The third kappa shape index (κ3) is 2.20. The zero-order chi connectivity index (χ0) is 10.7. The summed E-state index contributed by atoms with van der Waals surface area (Å²) in [6.45, 7) is 0. The van der Waals surface area contributed by atoms with Gasteiger partial charge < -0.3 is 5.73 Å². The Morgan fingerprint density at radius 3 is 2.47 bits per heavy atom. The maximum atomic E-state index is 11.1. The van der Waals surface area contributed by atoms with E-state index in [0.717, 1.165) is 5.69 Å². The molecule has 0 saturated heterocycles. The van der Waals surface area contributed by atoms with E-state index in [1.807, 2.05) is 30.3 Å². The standard InChI is InChI=1S/C12H10N2O/c13-11-8-10(6-7-12(11)15)14-9-4-2-1-3-5-9/h1-8H,13H2. The molecule has 0 unspecified atom stereocenters. The van der Waals surface area contributed by atoms with E-state index in [1.165, 1.54) is 6.08 Å². The number of nitrogens with zero attached hydrogens (tertiary/aromatic N) is 1. The van der Waals surface area contributed by atoms with Crippen LogP contribution in [-0.2, 0) is 4.79 Å². The number of carbonyl (C=O) groups is 1. The molecule has 3 nitrogen and oxygen atoms in total. The first kappa shape index (κ1) is 9.40. The molecule has 0 fully saturated rings. The van der Waals surface area contributed by atoms with E-state index >= 15 is 0 Å². The molecule has 1 aromatic rings. The first-order valence-corrected chi connectivity index (χ1v) is 4.59. The van der Waals surface area contributed by atoms with Crippen LogP contribution in [0.3, 0.4) is 0 Å². The first-order valence-electron chi connectivity index (χ1n) is 4.59. The molecule has 1 aromatic carbocycles. The van der Waals surface area contributed by atoms with Crippen molar-refractivity contribution in [1.82, 2.24) is 0 Å². The Kier molecular flexibility index (Phi) is 2.46. The molecule has 1 aliphatic carbocycles. The van der Waals surface area contributed by atoms with Gasteiger partial charge >= 0.3 is 0 Å². The van der Waals surface area contributed by atoms with E-state index in [-0.39, 0.29) is 11.5 Å². The molecule has 0 amide bonds. The minimum Gasteiger partial charge on any atom is -0.396 e. The third-order valence-electron chi connectivity index (χ3n) is 2.01. The van der Waals surface area contributed by atoms with Crippen LogP contribution in [0.4, 0.5) is 5.69 Å². The van der Waals surface area contributed by atoms with Gasteiger partial charge in [0.15, 0.2) is 0 Å². The highest BCUT2D eigenvalue weighted by Gasteiger charge is 2.07. The normalized spacial score (nSPS) is 18.0. The lowest BCUT2D eigenvalue weighted by atomic mass is 10.1. The summed E-state index contributed by atoms with van der Waals surface area (Å²) in [5.41, 5.74) is 7.27. The van der Waals surface area contributed by atoms with Crippen molar-refractivity contribution in [2.75, 3.05) is 0 Å². The predicted molar refractivity (Wildman–Crippen MR) is 60.0 cm³/mol. The van der Waals surface area contributed by atoms with Crippen molar-refractivity contribution in [3.8, 4) is 0 Å². The molecule has 0 radical (unpaired) electrons. The highest BCUT2D eigenvalue weighted by Crippen LogP contribution is 2.12. The molecular formula is C12H10N2O. The average Bonchev–Trinajstić information content (AvgIpc) is 2.25. The Morgan fingerprint density at radius 1 is 1.07 bits per heavy atom. The molecule has 0 aliphatic heterocycles. The van der Waals surface area contributed by atoms with Crippen LogP contribution in [0.5, 0.6) is 0 Å². The van der Waals surface area contributed by atoms with E-state index in [2.05, 4.69) is 4.99 Å². The van der Waals surface area contributed by atoms with Crippen molar-refractivity contribution in [3.05, 3.63) is 54.3 Å². The number of rotatable bonds is 1. The van der Waals surface area contributed by atoms with E-state index < -0.39 is 0 Å². The lowest BCUT2D eigenvalue weighted by Gasteiger charge is -2.03. The van der Waals surface area contributed by atoms with Crippen LogP contribution in [0.15, 0.2) is 59.2 Å².